The molecule has 0 aromatic rings. The van der Waals surface area contributed by atoms with E-state index in [-0.39, 0.29) is 0 Å². The Hall–Kier alpha value is -0.120. The minimum atomic E-state index is 0.362. The van der Waals surface area contributed by atoms with Crippen LogP contribution in [0.2, 0.25) is 0 Å². The standard InChI is InChI=1S/C12H24N2O/c1-3-12(4-2)10-14(7-6-13-12)11-5-8-15-9-11/h11,13H,3-10H2,1-2H3. The molecule has 2 rings (SSSR count). The van der Waals surface area contributed by atoms with Gasteiger partial charge >= 0.3 is 0 Å². The molecule has 2 fully saturated rings. The fraction of sp³-hybridized carbons (Fsp3) is 1.00. The molecule has 2 aliphatic heterocycles. The highest BCUT2D eigenvalue weighted by Gasteiger charge is 2.35. The zero-order valence-corrected chi connectivity index (χ0v) is 10.1. The highest BCUT2D eigenvalue weighted by Crippen LogP contribution is 2.23. The second kappa shape index (κ2) is 4.81. The minimum Gasteiger partial charge on any atom is -0.380 e. The zero-order valence-electron chi connectivity index (χ0n) is 10.1. The molecule has 88 valence electrons. The molecule has 2 heterocycles. The van der Waals surface area contributed by atoms with Gasteiger partial charge in [-0.05, 0) is 19.3 Å². The van der Waals surface area contributed by atoms with Gasteiger partial charge in [0.25, 0.3) is 0 Å². The summed E-state index contributed by atoms with van der Waals surface area (Å²) in [6, 6.07) is 0.685. The molecule has 0 aromatic carbocycles. The van der Waals surface area contributed by atoms with Gasteiger partial charge in [-0.1, -0.05) is 13.8 Å². The lowest BCUT2D eigenvalue weighted by atomic mass is 9.89. The van der Waals surface area contributed by atoms with Crippen molar-refractivity contribution in [2.75, 3.05) is 32.8 Å². The maximum atomic E-state index is 5.48. The van der Waals surface area contributed by atoms with E-state index in [1.54, 1.807) is 0 Å². The third kappa shape index (κ3) is 2.35. The normalized spacial score (nSPS) is 32.0. The first-order chi connectivity index (χ1) is 7.29. The summed E-state index contributed by atoms with van der Waals surface area (Å²) >= 11 is 0. The highest BCUT2D eigenvalue weighted by atomic mass is 16.5. The number of ether oxygens (including phenoxy) is 1. The second-order valence-corrected chi connectivity index (χ2v) is 4.90. The van der Waals surface area contributed by atoms with Gasteiger partial charge in [-0.15, -0.1) is 0 Å². The van der Waals surface area contributed by atoms with Crippen molar-refractivity contribution in [2.45, 2.75) is 44.7 Å². The highest BCUT2D eigenvalue weighted by molar-refractivity contribution is 4.95. The van der Waals surface area contributed by atoms with Gasteiger partial charge < -0.3 is 10.1 Å². The van der Waals surface area contributed by atoms with Crippen LogP contribution in [0.1, 0.15) is 33.1 Å². The van der Waals surface area contributed by atoms with Crippen LogP contribution in [0.3, 0.4) is 0 Å². The molecule has 0 bridgehead atoms. The first-order valence-electron chi connectivity index (χ1n) is 6.36. The Morgan fingerprint density at radius 3 is 2.80 bits per heavy atom. The van der Waals surface area contributed by atoms with Gasteiger partial charge in [-0.2, -0.15) is 0 Å². The summed E-state index contributed by atoms with van der Waals surface area (Å²) in [5.41, 5.74) is 0.362. The van der Waals surface area contributed by atoms with E-state index in [9.17, 15) is 0 Å². The Bertz CT molecular complexity index is 198. The van der Waals surface area contributed by atoms with Crippen LogP contribution in [-0.2, 0) is 4.74 Å². The molecule has 15 heavy (non-hydrogen) atoms. The summed E-state index contributed by atoms with van der Waals surface area (Å²) in [5, 5.41) is 3.70. The lowest BCUT2D eigenvalue weighted by Crippen LogP contribution is -2.61. The predicted octanol–water partition coefficient (Wildman–Crippen LogP) is 1.24. The summed E-state index contributed by atoms with van der Waals surface area (Å²) < 4.78 is 5.48. The molecule has 0 spiro atoms. The lowest BCUT2D eigenvalue weighted by molar-refractivity contribution is 0.0756. The van der Waals surface area contributed by atoms with Crippen molar-refractivity contribution in [1.29, 1.82) is 0 Å². The molecule has 0 radical (unpaired) electrons. The van der Waals surface area contributed by atoms with E-state index >= 15 is 0 Å². The van der Waals surface area contributed by atoms with Crippen LogP contribution in [0.25, 0.3) is 0 Å². The molecule has 1 atom stereocenters. The Labute approximate surface area is 93.2 Å². The summed E-state index contributed by atoms with van der Waals surface area (Å²) in [5.74, 6) is 0. The average molecular weight is 212 g/mol. The second-order valence-electron chi connectivity index (χ2n) is 4.90. The number of hydrogen-bond acceptors (Lipinski definition) is 3. The number of rotatable bonds is 3. The van der Waals surface area contributed by atoms with Crippen molar-refractivity contribution in [2.24, 2.45) is 0 Å². The molecule has 2 saturated heterocycles. The van der Waals surface area contributed by atoms with Crippen molar-refractivity contribution in [1.82, 2.24) is 10.2 Å². The van der Waals surface area contributed by atoms with Crippen molar-refractivity contribution >= 4 is 0 Å². The van der Waals surface area contributed by atoms with E-state index < -0.39 is 0 Å². The third-order valence-electron chi connectivity index (χ3n) is 4.18. The van der Waals surface area contributed by atoms with Crippen molar-refractivity contribution < 1.29 is 4.74 Å². The van der Waals surface area contributed by atoms with Gasteiger partial charge in [0.15, 0.2) is 0 Å². The van der Waals surface area contributed by atoms with E-state index in [1.165, 1.54) is 32.4 Å². The predicted molar refractivity (Wildman–Crippen MR) is 62.1 cm³/mol. The Kier molecular flexibility index (Phi) is 3.65. The molecule has 0 aliphatic carbocycles. The van der Waals surface area contributed by atoms with Crippen molar-refractivity contribution in [3.8, 4) is 0 Å². The quantitative estimate of drug-likeness (QED) is 0.762. The van der Waals surface area contributed by atoms with Gasteiger partial charge in [-0.3, -0.25) is 4.90 Å². The van der Waals surface area contributed by atoms with Gasteiger partial charge in [0, 0.05) is 37.8 Å². The molecular weight excluding hydrogens is 188 g/mol. The third-order valence-corrected chi connectivity index (χ3v) is 4.18. The van der Waals surface area contributed by atoms with Crippen LogP contribution in [0, 0.1) is 0 Å². The van der Waals surface area contributed by atoms with Crippen LogP contribution in [0.5, 0.6) is 0 Å². The Balaban J connectivity index is 1.96. The molecular formula is C12H24N2O. The largest absolute Gasteiger partial charge is 0.380 e. The SMILES string of the molecule is CCC1(CC)CN(C2CCOC2)CCN1. The lowest BCUT2D eigenvalue weighted by Gasteiger charge is -2.45. The molecule has 2 aliphatic rings. The van der Waals surface area contributed by atoms with Crippen molar-refractivity contribution in [3.63, 3.8) is 0 Å². The van der Waals surface area contributed by atoms with Crippen LogP contribution in [0.4, 0.5) is 0 Å². The summed E-state index contributed by atoms with van der Waals surface area (Å²) in [7, 11) is 0. The molecule has 1 N–H and O–H groups in total. The smallest absolute Gasteiger partial charge is 0.0622 e. The summed E-state index contributed by atoms with van der Waals surface area (Å²) in [6.45, 7) is 10.0. The van der Waals surface area contributed by atoms with Crippen LogP contribution in [0.15, 0.2) is 0 Å². The number of hydrogen-bond donors (Lipinski definition) is 1. The van der Waals surface area contributed by atoms with E-state index in [4.69, 9.17) is 4.74 Å². The first kappa shape index (κ1) is 11.4. The van der Waals surface area contributed by atoms with E-state index in [0.29, 0.717) is 11.6 Å². The van der Waals surface area contributed by atoms with Crippen LogP contribution in [-0.4, -0.2) is 49.3 Å². The van der Waals surface area contributed by atoms with Gasteiger partial charge in [0.05, 0.1) is 6.61 Å². The zero-order chi connectivity index (χ0) is 10.7. The molecule has 0 amide bonds. The topological polar surface area (TPSA) is 24.5 Å². The molecule has 1 unspecified atom stereocenters. The number of nitrogens with zero attached hydrogens (tertiary/aromatic N) is 1. The fourth-order valence-electron chi connectivity index (χ4n) is 2.83. The van der Waals surface area contributed by atoms with E-state index in [2.05, 4.69) is 24.1 Å². The van der Waals surface area contributed by atoms with Gasteiger partial charge in [-0.25, -0.2) is 0 Å². The number of piperazine rings is 1. The summed E-state index contributed by atoms with van der Waals surface area (Å²) in [6.07, 6.45) is 3.69. The molecule has 3 nitrogen and oxygen atoms in total. The maximum Gasteiger partial charge on any atom is 0.0622 e. The Morgan fingerprint density at radius 2 is 2.20 bits per heavy atom. The average Bonchev–Trinajstić information content (AvgIpc) is 2.82. The number of nitrogens with one attached hydrogen (secondary N) is 1. The monoisotopic (exact) mass is 212 g/mol. The minimum absolute atomic E-state index is 0.362. The molecule has 0 aromatic heterocycles. The maximum absolute atomic E-state index is 5.48. The van der Waals surface area contributed by atoms with Crippen LogP contribution < -0.4 is 5.32 Å². The van der Waals surface area contributed by atoms with E-state index in [1.807, 2.05) is 0 Å². The van der Waals surface area contributed by atoms with Gasteiger partial charge in [0.2, 0.25) is 0 Å². The fourth-order valence-corrected chi connectivity index (χ4v) is 2.83. The van der Waals surface area contributed by atoms with Crippen LogP contribution >= 0.6 is 0 Å². The van der Waals surface area contributed by atoms with Crippen molar-refractivity contribution in [3.05, 3.63) is 0 Å². The molecule has 0 saturated carbocycles. The van der Waals surface area contributed by atoms with E-state index in [0.717, 1.165) is 19.8 Å². The summed E-state index contributed by atoms with van der Waals surface area (Å²) in [4.78, 5) is 2.64. The molecule has 3 heteroatoms. The first-order valence-corrected chi connectivity index (χ1v) is 6.36. The Morgan fingerprint density at radius 1 is 1.40 bits per heavy atom. The van der Waals surface area contributed by atoms with Gasteiger partial charge in [0.1, 0.15) is 0 Å².